The van der Waals surface area contributed by atoms with Crippen molar-refractivity contribution in [3.63, 3.8) is 0 Å². The fraction of sp³-hybridized carbons (Fsp3) is 0.562. The quantitative estimate of drug-likeness (QED) is 0.875. The van der Waals surface area contributed by atoms with Crippen LogP contribution in [0.1, 0.15) is 31.2 Å². The molecule has 4 heteroatoms. The highest BCUT2D eigenvalue weighted by Gasteiger charge is 2.27. The van der Waals surface area contributed by atoms with E-state index >= 15 is 0 Å². The molecule has 112 valence electrons. The zero-order chi connectivity index (χ0) is 13.5. The van der Waals surface area contributed by atoms with Gasteiger partial charge in [0.05, 0.1) is 6.54 Å². The van der Waals surface area contributed by atoms with Crippen LogP contribution in [0.2, 0.25) is 0 Å². The van der Waals surface area contributed by atoms with Gasteiger partial charge in [0, 0.05) is 12.6 Å². The summed E-state index contributed by atoms with van der Waals surface area (Å²) >= 11 is 0. The number of rotatable bonds is 6. The van der Waals surface area contributed by atoms with Crippen LogP contribution in [0.25, 0.3) is 0 Å². The monoisotopic (exact) mass is 296 g/mol. The summed E-state index contributed by atoms with van der Waals surface area (Å²) in [5, 5.41) is 2.96. The predicted molar refractivity (Wildman–Crippen MR) is 85.3 cm³/mol. The van der Waals surface area contributed by atoms with E-state index in [2.05, 4.69) is 40.5 Å². The van der Waals surface area contributed by atoms with E-state index in [9.17, 15) is 4.79 Å². The lowest BCUT2D eigenvalue weighted by atomic mass is 10.0. The van der Waals surface area contributed by atoms with Gasteiger partial charge in [0.1, 0.15) is 0 Å². The first-order chi connectivity index (χ1) is 9.31. The lowest BCUT2D eigenvalue weighted by Crippen LogP contribution is -2.40. The van der Waals surface area contributed by atoms with Crippen LogP contribution in [0.4, 0.5) is 0 Å². The lowest BCUT2D eigenvalue weighted by molar-refractivity contribution is -0.131. The number of carbonyl (C=O) groups is 1. The molecule has 20 heavy (non-hydrogen) atoms. The maximum absolute atomic E-state index is 12.0. The average molecular weight is 297 g/mol. The third-order valence-electron chi connectivity index (χ3n) is 3.87. The molecule has 1 heterocycles. The molecule has 0 radical (unpaired) electrons. The highest BCUT2D eigenvalue weighted by Crippen LogP contribution is 2.22. The zero-order valence-electron chi connectivity index (χ0n) is 12.2. The Morgan fingerprint density at radius 1 is 1.35 bits per heavy atom. The van der Waals surface area contributed by atoms with Crippen LogP contribution in [-0.4, -0.2) is 37.0 Å². The standard InChI is InChI=1S/C16H24N2O.ClH/c1-17-13-16(19)18-12-6-11-15(18)10-5-9-14-7-3-2-4-8-14;/h2-4,7-8,15,17H,5-6,9-13H2,1H3;1H. The van der Waals surface area contributed by atoms with Crippen molar-refractivity contribution >= 4 is 18.3 Å². The molecule has 0 saturated carbocycles. The molecular weight excluding hydrogens is 272 g/mol. The second-order valence-corrected chi connectivity index (χ2v) is 5.29. The van der Waals surface area contributed by atoms with Gasteiger partial charge in [0.25, 0.3) is 0 Å². The summed E-state index contributed by atoms with van der Waals surface area (Å²) < 4.78 is 0. The van der Waals surface area contributed by atoms with Gasteiger partial charge in [0.2, 0.25) is 5.91 Å². The molecule has 1 unspecified atom stereocenters. The SMILES string of the molecule is CNCC(=O)N1CCCC1CCCc1ccccc1.Cl. The summed E-state index contributed by atoms with van der Waals surface area (Å²) in [7, 11) is 1.83. The Balaban J connectivity index is 0.00000200. The minimum atomic E-state index is 0. The first-order valence-corrected chi connectivity index (χ1v) is 7.29. The van der Waals surface area contributed by atoms with Gasteiger partial charge in [-0.1, -0.05) is 30.3 Å². The smallest absolute Gasteiger partial charge is 0.236 e. The largest absolute Gasteiger partial charge is 0.339 e. The number of likely N-dealkylation sites (N-methyl/N-ethyl adjacent to an activating group) is 1. The topological polar surface area (TPSA) is 32.3 Å². The molecular formula is C16H25ClN2O. The summed E-state index contributed by atoms with van der Waals surface area (Å²) in [5.74, 6) is 0.254. The Labute approximate surface area is 128 Å². The molecule has 1 atom stereocenters. The summed E-state index contributed by atoms with van der Waals surface area (Å²) in [5.41, 5.74) is 1.40. The second kappa shape index (κ2) is 8.98. The third kappa shape index (κ3) is 4.80. The zero-order valence-corrected chi connectivity index (χ0v) is 13.0. The molecule has 1 aromatic carbocycles. The number of carbonyl (C=O) groups excluding carboxylic acids is 1. The van der Waals surface area contributed by atoms with Crippen LogP contribution in [0.3, 0.4) is 0 Å². The van der Waals surface area contributed by atoms with Crippen LogP contribution in [0.5, 0.6) is 0 Å². The minimum Gasteiger partial charge on any atom is -0.339 e. The molecule has 1 N–H and O–H groups in total. The predicted octanol–water partition coefficient (Wildman–Crippen LogP) is 2.64. The number of benzene rings is 1. The summed E-state index contributed by atoms with van der Waals surface area (Å²) in [4.78, 5) is 14.0. The van der Waals surface area contributed by atoms with Crippen molar-refractivity contribution in [3.05, 3.63) is 35.9 Å². The van der Waals surface area contributed by atoms with Gasteiger partial charge in [-0.2, -0.15) is 0 Å². The summed E-state index contributed by atoms with van der Waals surface area (Å²) in [6.07, 6.45) is 5.74. The first-order valence-electron chi connectivity index (χ1n) is 7.29. The van der Waals surface area contributed by atoms with Crippen molar-refractivity contribution in [2.75, 3.05) is 20.1 Å². The molecule has 0 spiro atoms. The average Bonchev–Trinajstić information content (AvgIpc) is 2.89. The molecule has 1 saturated heterocycles. The van der Waals surface area contributed by atoms with Crippen molar-refractivity contribution in [1.29, 1.82) is 0 Å². The van der Waals surface area contributed by atoms with E-state index < -0.39 is 0 Å². The fourth-order valence-corrected chi connectivity index (χ4v) is 2.90. The van der Waals surface area contributed by atoms with Gasteiger partial charge in [-0.3, -0.25) is 4.79 Å². The first kappa shape index (κ1) is 17.0. The molecule has 0 bridgehead atoms. The van der Waals surface area contributed by atoms with Gasteiger partial charge in [-0.15, -0.1) is 12.4 Å². The molecule has 1 aromatic rings. The van der Waals surface area contributed by atoms with Crippen molar-refractivity contribution in [3.8, 4) is 0 Å². The van der Waals surface area contributed by atoms with E-state index in [1.165, 1.54) is 12.0 Å². The van der Waals surface area contributed by atoms with Crippen molar-refractivity contribution < 1.29 is 4.79 Å². The molecule has 1 aliphatic heterocycles. The molecule has 0 aliphatic carbocycles. The maximum Gasteiger partial charge on any atom is 0.236 e. The van der Waals surface area contributed by atoms with Gasteiger partial charge in [-0.05, 0) is 44.7 Å². The van der Waals surface area contributed by atoms with Crippen LogP contribution in [0.15, 0.2) is 30.3 Å². The number of aryl methyl sites for hydroxylation is 1. The van der Waals surface area contributed by atoms with E-state index in [1.807, 2.05) is 7.05 Å². The van der Waals surface area contributed by atoms with E-state index in [1.54, 1.807) is 0 Å². The Kier molecular flexibility index (Phi) is 7.63. The number of hydrogen-bond acceptors (Lipinski definition) is 2. The lowest BCUT2D eigenvalue weighted by Gasteiger charge is -2.24. The maximum atomic E-state index is 12.0. The Hall–Kier alpha value is -1.06. The highest BCUT2D eigenvalue weighted by molar-refractivity contribution is 5.85. The van der Waals surface area contributed by atoms with Crippen LogP contribution >= 0.6 is 12.4 Å². The third-order valence-corrected chi connectivity index (χ3v) is 3.87. The van der Waals surface area contributed by atoms with E-state index in [-0.39, 0.29) is 18.3 Å². The molecule has 1 amide bonds. The van der Waals surface area contributed by atoms with Crippen molar-refractivity contribution in [1.82, 2.24) is 10.2 Å². The van der Waals surface area contributed by atoms with Gasteiger partial charge in [0.15, 0.2) is 0 Å². The normalized spacial score (nSPS) is 17.9. The number of nitrogens with one attached hydrogen (secondary N) is 1. The molecule has 0 aromatic heterocycles. The van der Waals surface area contributed by atoms with Crippen LogP contribution in [-0.2, 0) is 11.2 Å². The number of halogens is 1. The van der Waals surface area contributed by atoms with Crippen LogP contribution in [0, 0.1) is 0 Å². The Bertz CT molecular complexity index is 397. The Morgan fingerprint density at radius 2 is 2.10 bits per heavy atom. The van der Waals surface area contributed by atoms with E-state index in [0.29, 0.717) is 12.6 Å². The van der Waals surface area contributed by atoms with Gasteiger partial charge in [-0.25, -0.2) is 0 Å². The number of amides is 1. The van der Waals surface area contributed by atoms with E-state index in [4.69, 9.17) is 0 Å². The molecule has 3 nitrogen and oxygen atoms in total. The molecule has 2 rings (SSSR count). The van der Waals surface area contributed by atoms with Gasteiger partial charge < -0.3 is 10.2 Å². The molecule has 1 aliphatic rings. The highest BCUT2D eigenvalue weighted by atomic mass is 35.5. The summed E-state index contributed by atoms with van der Waals surface area (Å²) in [6, 6.07) is 11.1. The fourth-order valence-electron chi connectivity index (χ4n) is 2.90. The number of hydrogen-bond donors (Lipinski definition) is 1. The van der Waals surface area contributed by atoms with Crippen molar-refractivity contribution in [2.24, 2.45) is 0 Å². The Morgan fingerprint density at radius 3 is 2.80 bits per heavy atom. The van der Waals surface area contributed by atoms with Gasteiger partial charge >= 0.3 is 0 Å². The van der Waals surface area contributed by atoms with Crippen molar-refractivity contribution in [2.45, 2.75) is 38.1 Å². The van der Waals surface area contributed by atoms with Crippen LogP contribution < -0.4 is 5.32 Å². The van der Waals surface area contributed by atoms with E-state index in [0.717, 1.165) is 32.2 Å². The number of nitrogens with zero attached hydrogens (tertiary/aromatic N) is 1. The second-order valence-electron chi connectivity index (χ2n) is 5.29. The molecule has 1 fully saturated rings. The number of likely N-dealkylation sites (tertiary alicyclic amines) is 1. The minimum absolute atomic E-state index is 0. The summed E-state index contributed by atoms with van der Waals surface area (Å²) in [6.45, 7) is 1.41.